The minimum Gasteiger partial charge on any atom is -0.466 e. The van der Waals surface area contributed by atoms with Crippen LogP contribution in [-0.2, 0) is 33.5 Å². The van der Waals surface area contributed by atoms with Crippen molar-refractivity contribution in [2.45, 2.75) is 142 Å². The molecular weight excluding hydrogens is 546 g/mol. The fourth-order valence-electron chi connectivity index (χ4n) is 5.31. The first-order valence-electron chi connectivity index (χ1n) is 14.7. The van der Waals surface area contributed by atoms with Gasteiger partial charge in [-0.15, -0.1) is 0 Å². The van der Waals surface area contributed by atoms with Crippen molar-refractivity contribution in [2.75, 3.05) is 0 Å². The van der Waals surface area contributed by atoms with Crippen LogP contribution >= 0.6 is 0 Å². The summed E-state index contributed by atoms with van der Waals surface area (Å²) in [5.74, 6) is -3.74. The smallest absolute Gasteiger partial charge is 0.418 e. The first kappa shape index (κ1) is 34.2. The number of carbonyl (C=O) groups is 3. The normalized spacial score (nSPS) is 19.8. The monoisotopic (exact) mass is 597 g/mol. The highest BCUT2D eigenvalue weighted by Crippen LogP contribution is 2.57. The second-order valence-electron chi connectivity index (χ2n) is 12.6. The van der Waals surface area contributed by atoms with E-state index in [0.29, 0.717) is 36.3 Å². The van der Waals surface area contributed by atoms with E-state index in [0.717, 1.165) is 4.90 Å². The van der Waals surface area contributed by atoms with Crippen molar-refractivity contribution in [3.05, 3.63) is 24.2 Å². The topological polar surface area (TPSA) is 105 Å². The first-order valence-corrected chi connectivity index (χ1v) is 19.7. The molecule has 1 atom stereocenters. The van der Waals surface area contributed by atoms with Crippen LogP contribution < -0.4 is 0 Å². The molecule has 1 aliphatic heterocycles. The fourth-order valence-corrected chi connectivity index (χ4v) is 11.0. The standard InChI is InChI=1S/C29H51NO8Si2/c1-13-39(14-2,15-3)37-29(38-40(16-4,17-5)18-6)23(31)30(25(33)36-27(10,11)12)28(29,22-20-19-21-34-22)24(32)35-26(7,8)9/h19-21H,13-18H2,1-12H3. The molecule has 0 aromatic carbocycles. The molecule has 1 aromatic rings. The Hall–Kier alpha value is -1.96. The summed E-state index contributed by atoms with van der Waals surface area (Å²) in [7, 11) is -5.34. The molecule has 0 aliphatic carbocycles. The zero-order chi connectivity index (χ0) is 30.8. The van der Waals surface area contributed by atoms with Crippen LogP contribution in [0.1, 0.15) is 88.8 Å². The van der Waals surface area contributed by atoms with Crippen LogP contribution in [0.5, 0.6) is 0 Å². The maximum absolute atomic E-state index is 14.6. The lowest BCUT2D eigenvalue weighted by Gasteiger charge is -2.62. The lowest BCUT2D eigenvalue weighted by Crippen LogP contribution is -2.88. The maximum Gasteiger partial charge on any atom is 0.418 e. The van der Waals surface area contributed by atoms with Gasteiger partial charge < -0.3 is 22.7 Å². The molecule has 2 amide bonds. The third-order valence-electron chi connectivity index (χ3n) is 8.03. The lowest BCUT2D eigenvalue weighted by molar-refractivity contribution is -0.283. The van der Waals surface area contributed by atoms with E-state index in [-0.39, 0.29) is 5.76 Å². The number of imide groups is 1. The van der Waals surface area contributed by atoms with E-state index in [1.54, 1.807) is 53.7 Å². The average Bonchev–Trinajstić information content (AvgIpc) is 3.40. The number of hydrogen-bond donors (Lipinski definition) is 0. The van der Waals surface area contributed by atoms with Crippen molar-refractivity contribution in [3.8, 4) is 0 Å². The highest BCUT2D eigenvalue weighted by Gasteiger charge is 2.85. The Kier molecular flexibility index (Phi) is 10.4. The van der Waals surface area contributed by atoms with Crippen LogP contribution in [0.3, 0.4) is 0 Å². The molecule has 11 heteroatoms. The summed E-state index contributed by atoms with van der Waals surface area (Å²) >= 11 is 0. The van der Waals surface area contributed by atoms with E-state index in [1.165, 1.54) is 6.26 Å². The zero-order valence-corrected chi connectivity index (χ0v) is 28.7. The van der Waals surface area contributed by atoms with Gasteiger partial charge >= 0.3 is 12.1 Å². The summed E-state index contributed by atoms with van der Waals surface area (Å²) in [4.78, 5) is 43.8. The lowest BCUT2D eigenvalue weighted by atomic mass is 9.75. The SMILES string of the molecule is CC[Si](CC)(CC)OC1(O[Si](CC)(CC)CC)C(=O)N(C(=O)OC(C)(C)C)C1(C(=O)OC(C)(C)C)c1ccco1. The van der Waals surface area contributed by atoms with E-state index in [9.17, 15) is 14.4 Å². The van der Waals surface area contributed by atoms with E-state index >= 15 is 0 Å². The number of hydrogen-bond acceptors (Lipinski definition) is 8. The summed E-state index contributed by atoms with van der Waals surface area (Å²) in [5, 5.41) is 0. The molecule has 1 aromatic heterocycles. The number of ether oxygens (including phenoxy) is 2. The van der Waals surface area contributed by atoms with Crippen LogP contribution in [0.25, 0.3) is 0 Å². The Morgan fingerprint density at radius 1 is 0.800 bits per heavy atom. The molecular formula is C29H51NO8Si2. The molecule has 1 fully saturated rings. The quantitative estimate of drug-likeness (QED) is 0.107. The number of esters is 1. The molecule has 1 unspecified atom stereocenters. The highest BCUT2D eigenvalue weighted by atomic mass is 28.4. The van der Waals surface area contributed by atoms with Crippen molar-refractivity contribution in [1.29, 1.82) is 0 Å². The highest BCUT2D eigenvalue weighted by molar-refractivity contribution is 6.75. The van der Waals surface area contributed by atoms with Gasteiger partial charge in [-0.3, -0.25) is 4.79 Å². The van der Waals surface area contributed by atoms with Gasteiger partial charge in [-0.2, -0.15) is 0 Å². The second-order valence-corrected chi connectivity index (χ2v) is 22.0. The average molecular weight is 598 g/mol. The molecule has 1 saturated heterocycles. The Morgan fingerprint density at radius 2 is 1.23 bits per heavy atom. The van der Waals surface area contributed by atoms with Gasteiger partial charge in [0.15, 0.2) is 16.6 Å². The van der Waals surface area contributed by atoms with Gasteiger partial charge in [-0.1, -0.05) is 41.5 Å². The summed E-state index contributed by atoms with van der Waals surface area (Å²) in [6.45, 7) is 22.5. The van der Waals surface area contributed by atoms with Crippen LogP contribution in [-0.4, -0.2) is 56.5 Å². The minimum absolute atomic E-state index is 0.0321. The molecule has 228 valence electrons. The zero-order valence-electron chi connectivity index (χ0n) is 26.7. The number of carbonyl (C=O) groups excluding carboxylic acids is 3. The Labute approximate surface area is 242 Å². The summed E-state index contributed by atoms with van der Waals surface area (Å²) in [6.07, 6.45) is 0.410. The molecule has 0 saturated carbocycles. The summed E-state index contributed by atoms with van der Waals surface area (Å²) in [5.41, 5.74) is -4.08. The minimum atomic E-state index is -2.67. The van der Waals surface area contributed by atoms with Gasteiger partial charge in [0.1, 0.15) is 17.0 Å². The second kappa shape index (κ2) is 12.1. The van der Waals surface area contributed by atoms with Gasteiger partial charge in [0, 0.05) is 0 Å². The number of furan rings is 1. The number of nitrogens with zero attached hydrogens (tertiary/aromatic N) is 1. The van der Waals surface area contributed by atoms with Crippen molar-refractivity contribution in [1.82, 2.24) is 4.90 Å². The third kappa shape index (κ3) is 5.98. The third-order valence-corrected chi connectivity index (χ3v) is 17.2. The van der Waals surface area contributed by atoms with Gasteiger partial charge in [0.2, 0.25) is 0 Å². The predicted molar refractivity (Wildman–Crippen MR) is 159 cm³/mol. The number of likely N-dealkylation sites (tertiary alicyclic amines) is 1. The van der Waals surface area contributed by atoms with Crippen LogP contribution in [0, 0.1) is 0 Å². The Morgan fingerprint density at radius 3 is 1.55 bits per heavy atom. The van der Waals surface area contributed by atoms with Crippen molar-refractivity contribution < 1.29 is 37.1 Å². The number of amides is 2. The Balaban J connectivity index is 3.08. The maximum atomic E-state index is 14.6. The first-order chi connectivity index (χ1) is 18.4. The van der Waals surface area contributed by atoms with E-state index < -0.39 is 57.1 Å². The summed E-state index contributed by atoms with van der Waals surface area (Å²) < 4.78 is 31.7. The van der Waals surface area contributed by atoms with Crippen molar-refractivity contribution in [2.24, 2.45) is 0 Å². The molecule has 2 rings (SSSR count). The fraction of sp³-hybridized carbons (Fsp3) is 0.759. The van der Waals surface area contributed by atoms with Gasteiger partial charge in [-0.25, -0.2) is 14.5 Å². The van der Waals surface area contributed by atoms with Crippen LogP contribution in [0.4, 0.5) is 4.79 Å². The van der Waals surface area contributed by atoms with Gasteiger partial charge in [-0.05, 0) is 89.9 Å². The largest absolute Gasteiger partial charge is 0.466 e. The molecule has 40 heavy (non-hydrogen) atoms. The molecule has 9 nitrogen and oxygen atoms in total. The van der Waals surface area contributed by atoms with Crippen LogP contribution in [0.15, 0.2) is 22.8 Å². The Bertz CT molecular complexity index is 997. The molecule has 0 N–H and O–H groups in total. The van der Waals surface area contributed by atoms with Crippen molar-refractivity contribution in [3.63, 3.8) is 0 Å². The van der Waals surface area contributed by atoms with Crippen LogP contribution in [0.2, 0.25) is 36.3 Å². The predicted octanol–water partition coefficient (Wildman–Crippen LogP) is 7.33. The van der Waals surface area contributed by atoms with E-state index in [2.05, 4.69) is 0 Å². The molecule has 2 heterocycles. The van der Waals surface area contributed by atoms with Gasteiger partial charge in [0.25, 0.3) is 17.2 Å². The summed E-state index contributed by atoms with van der Waals surface area (Å²) in [6, 6.07) is 7.29. The van der Waals surface area contributed by atoms with E-state index in [1.807, 2.05) is 41.5 Å². The molecule has 0 radical (unpaired) electrons. The number of β-lactam (4-membered cyclic amide) rings is 1. The molecule has 0 bridgehead atoms. The van der Waals surface area contributed by atoms with Gasteiger partial charge in [0.05, 0.1) is 6.26 Å². The van der Waals surface area contributed by atoms with Crippen molar-refractivity contribution >= 4 is 34.6 Å². The van der Waals surface area contributed by atoms with E-state index in [4.69, 9.17) is 22.7 Å². The number of rotatable bonds is 12. The molecule has 1 aliphatic rings. The molecule has 0 spiro atoms.